The molecule has 0 amide bonds. The van der Waals surface area contributed by atoms with Crippen LogP contribution in [0.3, 0.4) is 0 Å². The van der Waals surface area contributed by atoms with Gasteiger partial charge in [0, 0.05) is 33.2 Å². The van der Waals surface area contributed by atoms with Crippen LogP contribution in [0.1, 0.15) is 0 Å². The molecule has 0 aliphatic rings. The van der Waals surface area contributed by atoms with Crippen LogP contribution in [-0.4, -0.2) is 19.5 Å². The van der Waals surface area contributed by atoms with Crippen molar-refractivity contribution in [2.24, 2.45) is 0 Å². The molecule has 0 bridgehead atoms. The highest BCUT2D eigenvalue weighted by Gasteiger charge is 2.18. The average molecular weight is 701 g/mol. The van der Waals surface area contributed by atoms with Crippen LogP contribution in [0, 0.1) is 0 Å². The van der Waals surface area contributed by atoms with Gasteiger partial charge < -0.3 is 4.57 Å². The maximum Gasteiger partial charge on any atom is 0.164 e. The van der Waals surface area contributed by atoms with Crippen LogP contribution < -0.4 is 0 Å². The molecule has 0 spiro atoms. The van der Waals surface area contributed by atoms with Gasteiger partial charge in [-0.2, -0.15) is 0 Å². The standard InChI is InChI=1S/C51H32N4/c1-2-14-34(15-3-1)45-31-41(28-38-19-8-9-22-43(38)45)51-53-49(52-50(54-51)40-26-25-33-13-4-5-16-35(33)27-40)39-20-12-21-42(29-39)55-47-24-11-10-23-44(47)46-30-36-17-6-7-18-37(36)32-48(46)55/h1-32H. The Hall–Kier alpha value is -7.43. The van der Waals surface area contributed by atoms with Crippen molar-refractivity contribution in [1.29, 1.82) is 0 Å². The van der Waals surface area contributed by atoms with Crippen molar-refractivity contribution < 1.29 is 0 Å². The molecular weight excluding hydrogens is 669 g/mol. The number of hydrogen-bond acceptors (Lipinski definition) is 3. The van der Waals surface area contributed by atoms with E-state index in [0.717, 1.165) is 55.3 Å². The smallest absolute Gasteiger partial charge is 0.164 e. The number of fused-ring (bicyclic) bond motifs is 6. The van der Waals surface area contributed by atoms with Crippen LogP contribution in [-0.2, 0) is 0 Å². The number of benzene rings is 9. The van der Waals surface area contributed by atoms with Gasteiger partial charge in [0.25, 0.3) is 0 Å². The highest BCUT2D eigenvalue weighted by atomic mass is 15.0. The lowest BCUT2D eigenvalue weighted by Gasteiger charge is -2.13. The Morgan fingerprint density at radius 3 is 1.64 bits per heavy atom. The monoisotopic (exact) mass is 700 g/mol. The van der Waals surface area contributed by atoms with Crippen LogP contribution in [0.4, 0.5) is 0 Å². The number of rotatable bonds is 5. The minimum Gasteiger partial charge on any atom is -0.309 e. The van der Waals surface area contributed by atoms with Gasteiger partial charge in [0.1, 0.15) is 0 Å². The number of para-hydroxylation sites is 1. The van der Waals surface area contributed by atoms with Gasteiger partial charge in [-0.05, 0) is 92.0 Å². The fourth-order valence-corrected chi connectivity index (χ4v) is 8.11. The second-order valence-electron chi connectivity index (χ2n) is 14.1. The molecule has 55 heavy (non-hydrogen) atoms. The molecule has 0 fully saturated rings. The van der Waals surface area contributed by atoms with Crippen molar-refractivity contribution in [2.75, 3.05) is 0 Å². The largest absolute Gasteiger partial charge is 0.309 e. The lowest BCUT2D eigenvalue weighted by atomic mass is 9.95. The van der Waals surface area contributed by atoms with Gasteiger partial charge >= 0.3 is 0 Å². The minimum atomic E-state index is 0.621. The van der Waals surface area contributed by atoms with Crippen LogP contribution in [0.2, 0.25) is 0 Å². The second-order valence-corrected chi connectivity index (χ2v) is 14.1. The van der Waals surface area contributed by atoms with Gasteiger partial charge in [0.15, 0.2) is 17.5 Å². The van der Waals surface area contributed by atoms with Crippen LogP contribution in [0.5, 0.6) is 0 Å². The van der Waals surface area contributed by atoms with Crippen molar-refractivity contribution in [3.63, 3.8) is 0 Å². The molecule has 0 saturated heterocycles. The van der Waals surface area contributed by atoms with Crippen LogP contribution in [0.15, 0.2) is 194 Å². The van der Waals surface area contributed by atoms with E-state index in [1.807, 2.05) is 0 Å². The van der Waals surface area contributed by atoms with Crippen molar-refractivity contribution in [1.82, 2.24) is 19.5 Å². The zero-order chi connectivity index (χ0) is 36.3. The summed E-state index contributed by atoms with van der Waals surface area (Å²) in [5.41, 5.74) is 8.45. The first-order valence-corrected chi connectivity index (χ1v) is 18.6. The van der Waals surface area contributed by atoms with Crippen LogP contribution >= 0.6 is 0 Å². The van der Waals surface area contributed by atoms with E-state index in [0.29, 0.717) is 17.5 Å². The first-order chi connectivity index (χ1) is 27.2. The van der Waals surface area contributed by atoms with Gasteiger partial charge in [-0.15, -0.1) is 0 Å². The lowest BCUT2D eigenvalue weighted by Crippen LogP contribution is -2.01. The van der Waals surface area contributed by atoms with Crippen LogP contribution in [0.25, 0.3) is 105 Å². The molecule has 0 N–H and O–H groups in total. The molecule has 0 atom stereocenters. The van der Waals surface area contributed by atoms with Gasteiger partial charge in [0.2, 0.25) is 0 Å². The molecule has 2 aromatic heterocycles. The number of nitrogens with zero attached hydrogens (tertiary/aromatic N) is 4. The minimum absolute atomic E-state index is 0.621. The summed E-state index contributed by atoms with van der Waals surface area (Å²) >= 11 is 0. The molecule has 9 aromatic carbocycles. The van der Waals surface area contributed by atoms with E-state index in [2.05, 4.69) is 199 Å². The third-order valence-electron chi connectivity index (χ3n) is 10.8. The summed E-state index contributed by atoms with van der Waals surface area (Å²) in [5.74, 6) is 1.88. The molecule has 0 saturated carbocycles. The molecule has 0 unspecified atom stereocenters. The Kier molecular flexibility index (Phi) is 7.14. The molecule has 11 aromatic rings. The molecule has 4 heteroatoms. The SMILES string of the molecule is c1ccc(-c2cc(-c3nc(-c4cccc(-n5c6ccccc6c6cc7ccccc7cc65)c4)nc(-c4ccc5ccccc5c4)n3)cc3ccccc23)cc1. The van der Waals surface area contributed by atoms with E-state index >= 15 is 0 Å². The summed E-state index contributed by atoms with van der Waals surface area (Å²) in [4.78, 5) is 15.7. The van der Waals surface area contributed by atoms with E-state index in [4.69, 9.17) is 15.0 Å². The van der Waals surface area contributed by atoms with Crippen molar-refractivity contribution in [3.8, 4) is 51.0 Å². The Morgan fingerprint density at radius 1 is 0.291 bits per heavy atom. The highest BCUT2D eigenvalue weighted by Crippen LogP contribution is 2.37. The summed E-state index contributed by atoms with van der Waals surface area (Å²) in [7, 11) is 0. The summed E-state index contributed by atoms with van der Waals surface area (Å²) in [6.45, 7) is 0. The zero-order valence-corrected chi connectivity index (χ0v) is 29.8. The Bertz CT molecular complexity index is 3270. The maximum atomic E-state index is 5.26. The average Bonchev–Trinajstić information content (AvgIpc) is 3.58. The van der Waals surface area contributed by atoms with Gasteiger partial charge in [0.05, 0.1) is 11.0 Å². The Labute approximate surface area is 317 Å². The molecule has 0 aliphatic heterocycles. The number of hydrogen-bond donors (Lipinski definition) is 0. The zero-order valence-electron chi connectivity index (χ0n) is 29.8. The fraction of sp³-hybridized carbons (Fsp3) is 0. The fourth-order valence-electron chi connectivity index (χ4n) is 8.11. The second kappa shape index (κ2) is 12.6. The molecule has 0 aliphatic carbocycles. The summed E-state index contributed by atoms with van der Waals surface area (Å²) in [5, 5.41) is 9.53. The summed E-state index contributed by atoms with van der Waals surface area (Å²) in [6, 6.07) is 68.8. The molecule has 0 radical (unpaired) electrons. The van der Waals surface area contributed by atoms with E-state index in [-0.39, 0.29) is 0 Å². The number of aromatic nitrogens is 4. The summed E-state index contributed by atoms with van der Waals surface area (Å²) < 4.78 is 2.36. The Morgan fingerprint density at radius 2 is 0.855 bits per heavy atom. The third-order valence-corrected chi connectivity index (χ3v) is 10.8. The molecule has 2 heterocycles. The molecule has 4 nitrogen and oxygen atoms in total. The maximum absolute atomic E-state index is 5.26. The first kappa shape index (κ1) is 31.1. The summed E-state index contributed by atoms with van der Waals surface area (Å²) in [6.07, 6.45) is 0. The van der Waals surface area contributed by atoms with E-state index in [1.165, 1.54) is 32.3 Å². The Balaban J connectivity index is 1.14. The van der Waals surface area contributed by atoms with Crippen molar-refractivity contribution in [2.45, 2.75) is 0 Å². The third kappa shape index (κ3) is 5.34. The van der Waals surface area contributed by atoms with E-state index in [1.54, 1.807) is 0 Å². The molecule has 256 valence electrons. The topological polar surface area (TPSA) is 43.6 Å². The predicted octanol–water partition coefficient (Wildman–Crippen LogP) is 13.1. The normalized spacial score (nSPS) is 11.6. The molecule has 11 rings (SSSR count). The van der Waals surface area contributed by atoms with Gasteiger partial charge in [-0.1, -0.05) is 146 Å². The van der Waals surface area contributed by atoms with E-state index < -0.39 is 0 Å². The van der Waals surface area contributed by atoms with Crippen molar-refractivity contribution in [3.05, 3.63) is 194 Å². The van der Waals surface area contributed by atoms with E-state index in [9.17, 15) is 0 Å². The highest BCUT2D eigenvalue weighted by molar-refractivity contribution is 6.13. The van der Waals surface area contributed by atoms with Gasteiger partial charge in [-0.25, -0.2) is 15.0 Å². The first-order valence-electron chi connectivity index (χ1n) is 18.6. The predicted molar refractivity (Wildman–Crippen MR) is 228 cm³/mol. The molecular formula is C51H32N4. The quantitative estimate of drug-likeness (QED) is 0.179. The van der Waals surface area contributed by atoms with Gasteiger partial charge in [-0.3, -0.25) is 0 Å². The lowest BCUT2D eigenvalue weighted by molar-refractivity contribution is 1.07. The van der Waals surface area contributed by atoms with Crippen molar-refractivity contribution >= 4 is 54.1 Å².